The van der Waals surface area contributed by atoms with Gasteiger partial charge in [0.05, 0.1) is 25.4 Å². The quantitative estimate of drug-likeness (QED) is 0.428. The lowest BCUT2D eigenvalue weighted by molar-refractivity contribution is -0.309. The minimum absolute atomic E-state index is 0.0630. The highest BCUT2D eigenvalue weighted by Crippen LogP contribution is 2.16. The Hall–Kier alpha value is -0.240. The molecule has 1 aliphatic heterocycles. The number of hydroxylamine groups is 2. The summed E-state index contributed by atoms with van der Waals surface area (Å²) < 4.78 is 5.15. The first-order valence-corrected chi connectivity index (χ1v) is 4.22. The van der Waals surface area contributed by atoms with Crippen LogP contribution in [-0.2, 0) is 4.74 Å². The fourth-order valence-corrected chi connectivity index (χ4v) is 1.30. The second kappa shape index (κ2) is 4.85. The van der Waals surface area contributed by atoms with Crippen LogP contribution >= 0.6 is 0 Å². The molecular weight excluding hydrogens is 178 g/mol. The van der Waals surface area contributed by atoms with Crippen molar-refractivity contribution in [3.8, 4) is 0 Å². The van der Waals surface area contributed by atoms with E-state index in [2.05, 4.69) is 0 Å². The van der Waals surface area contributed by atoms with Gasteiger partial charge in [-0.3, -0.25) is 10.4 Å². The highest BCUT2D eigenvalue weighted by atomic mass is 16.8. The molecular formula is C7H15NO5. The Morgan fingerprint density at radius 2 is 1.92 bits per heavy atom. The molecule has 0 spiro atoms. The van der Waals surface area contributed by atoms with Gasteiger partial charge in [0.2, 0.25) is 0 Å². The lowest BCUT2D eigenvalue weighted by Crippen LogP contribution is -2.42. The zero-order valence-corrected chi connectivity index (χ0v) is 7.20. The fourth-order valence-electron chi connectivity index (χ4n) is 1.30. The Bertz CT molecular complexity index is 154. The van der Waals surface area contributed by atoms with E-state index in [1.54, 1.807) is 0 Å². The number of nitrogens with zero attached hydrogens (tertiary/aromatic N) is 1. The van der Waals surface area contributed by atoms with Gasteiger partial charge < -0.3 is 14.9 Å². The first-order valence-electron chi connectivity index (χ1n) is 4.22. The number of aliphatic hydroxyl groups excluding tert-OH is 2. The molecule has 78 valence electrons. The van der Waals surface area contributed by atoms with Gasteiger partial charge in [0.1, 0.15) is 6.10 Å². The number of hydrogen-bond donors (Lipinski definition) is 4. The average Bonchev–Trinajstić information content (AvgIpc) is 2.07. The summed E-state index contributed by atoms with van der Waals surface area (Å²) in [5.74, 6) is 0. The van der Waals surface area contributed by atoms with Gasteiger partial charge in [0.15, 0.2) is 0 Å². The summed E-state index contributed by atoms with van der Waals surface area (Å²) in [6.45, 7) is 0.163. The van der Waals surface area contributed by atoms with Gasteiger partial charge in [-0.05, 0) is 6.42 Å². The Labute approximate surface area is 75.9 Å². The molecule has 6 nitrogen and oxygen atoms in total. The monoisotopic (exact) mass is 193 g/mol. The maximum Gasteiger partial charge on any atom is 0.103 e. The smallest absolute Gasteiger partial charge is 0.103 e. The second-order valence-corrected chi connectivity index (χ2v) is 3.21. The summed E-state index contributed by atoms with van der Waals surface area (Å²) in [7, 11) is 0. The van der Waals surface area contributed by atoms with Gasteiger partial charge in [-0.15, -0.1) is 0 Å². The van der Waals surface area contributed by atoms with Gasteiger partial charge in [-0.25, -0.2) is 0 Å². The summed E-state index contributed by atoms with van der Waals surface area (Å²) in [6, 6.07) is 0. The number of aliphatic hydroxyl groups is 2. The van der Waals surface area contributed by atoms with Crippen molar-refractivity contribution in [3.05, 3.63) is 0 Å². The van der Waals surface area contributed by atoms with Crippen molar-refractivity contribution < 1.29 is 25.4 Å². The predicted molar refractivity (Wildman–Crippen MR) is 41.3 cm³/mol. The van der Waals surface area contributed by atoms with E-state index in [0.29, 0.717) is 12.8 Å². The molecule has 1 rings (SSSR count). The third-order valence-electron chi connectivity index (χ3n) is 2.10. The maximum atomic E-state index is 9.24. The lowest BCUT2D eigenvalue weighted by Gasteiger charge is -2.30. The highest BCUT2D eigenvalue weighted by molar-refractivity contribution is 4.77. The van der Waals surface area contributed by atoms with Crippen molar-refractivity contribution in [2.24, 2.45) is 0 Å². The zero-order valence-electron chi connectivity index (χ0n) is 7.20. The van der Waals surface area contributed by atoms with Gasteiger partial charge in [0, 0.05) is 6.42 Å². The van der Waals surface area contributed by atoms with Crippen LogP contribution in [0.1, 0.15) is 12.8 Å². The Kier molecular flexibility index (Phi) is 4.04. The van der Waals surface area contributed by atoms with Gasteiger partial charge >= 0.3 is 0 Å². The van der Waals surface area contributed by atoms with Gasteiger partial charge in [0.25, 0.3) is 0 Å². The third-order valence-corrected chi connectivity index (χ3v) is 2.10. The molecule has 0 bridgehead atoms. The van der Waals surface area contributed by atoms with Crippen molar-refractivity contribution in [2.75, 3.05) is 13.2 Å². The largest absolute Gasteiger partial charge is 0.390 e. The van der Waals surface area contributed by atoms with Crippen LogP contribution in [-0.4, -0.2) is 57.3 Å². The minimum Gasteiger partial charge on any atom is -0.390 e. The summed E-state index contributed by atoms with van der Waals surface area (Å²) in [4.78, 5) is 0. The molecule has 1 heterocycles. The van der Waals surface area contributed by atoms with E-state index in [1.807, 2.05) is 0 Å². The molecule has 3 unspecified atom stereocenters. The molecule has 1 saturated heterocycles. The van der Waals surface area contributed by atoms with Crippen LogP contribution < -0.4 is 0 Å². The van der Waals surface area contributed by atoms with Crippen LogP contribution in [0.2, 0.25) is 0 Å². The molecule has 0 aromatic rings. The molecule has 0 amide bonds. The summed E-state index contributed by atoms with van der Waals surface area (Å²) >= 11 is 0. The molecule has 13 heavy (non-hydrogen) atoms. The van der Waals surface area contributed by atoms with Crippen LogP contribution in [0.3, 0.4) is 0 Å². The van der Waals surface area contributed by atoms with Crippen LogP contribution in [0.15, 0.2) is 0 Å². The molecule has 0 radical (unpaired) electrons. The topological polar surface area (TPSA) is 93.4 Å². The van der Waals surface area contributed by atoms with E-state index >= 15 is 0 Å². The average molecular weight is 193 g/mol. The number of hydrogen-bond acceptors (Lipinski definition) is 6. The van der Waals surface area contributed by atoms with E-state index < -0.39 is 12.2 Å². The molecule has 1 aliphatic rings. The maximum absolute atomic E-state index is 9.24. The highest BCUT2D eigenvalue weighted by Gasteiger charge is 2.28. The van der Waals surface area contributed by atoms with E-state index in [0.717, 1.165) is 0 Å². The van der Waals surface area contributed by atoms with Crippen molar-refractivity contribution in [1.29, 1.82) is 0 Å². The molecule has 0 aromatic heterocycles. The third kappa shape index (κ3) is 3.55. The summed E-state index contributed by atoms with van der Waals surface area (Å²) in [6.07, 6.45) is -1.08. The zero-order chi connectivity index (χ0) is 9.84. The molecule has 1 fully saturated rings. The van der Waals surface area contributed by atoms with Crippen LogP contribution in [0, 0.1) is 0 Å². The lowest BCUT2D eigenvalue weighted by atomic mass is 10.0. The number of ether oxygens (including phenoxy) is 1. The standard InChI is InChI=1S/C7H15NO5/c9-6-3-5(1-2-8(11)12)13-4-7(6)10/h5-7,9-12H,1-4H2. The Morgan fingerprint density at radius 3 is 2.46 bits per heavy atom. The second-order valence-electron chi connectivity index (χ2n) is 3.21. The summed E-state index contributed by atoms with van der Waals surface area (Å²) in [5.41, 5.74) is 0. The first kappa shape index (κ1) is 10.8. The van der Waals surface area contributed by atoms with Gasteiger partial charge in [-0.2, -0.15) is 0 Å². The van der Waals surface area contributed by atoms with Crippen LogP contribution in [0.5, 0.6) is 0 Å². The SMILES string of the molecule is OC1COC(CCN(O)O)CC1O. The normalized spacial score (nSPS) is 35.3. The van der Waals surface area contributed by atoms with Gasteiger partial charge in [-0.1, -0.05) is 5.23 Å². The van der Waals surface area contributed by atoms with E-state index in [-0.39, 0.29) is 24.5 Å². The predicted octanol–water partition coefficient (Wildman–Crippen LogP) is -1.03. The minimum atomic E-state index is -0.824. The Morgan fingerprint density at radius 1 is 1.23 bits per heavy atom. The Balaban J connectivity index is 2.21. The first-order chi connectivity index (χ1) is 6.09. The molecule has 6 heteroatoms. The van der Waals surface area contributed by atoms with Crippen LogP contribution in [0.25, 0.3) is 0 Å². The molecule has 0 saturated carbocycles. The fraction of sp³-hybridized carbons (Fsp3) is 1.00. The van der Waals surface area contributed by atoms with Crippen molar-refractivity contribution in [2.45, 2.75) is 31.2 Å². The van der Waals surface area contributed by atoms with Crippen molar-refractivity contribution >= 4 is 0 Å². The molecule has 0 aromatic carbocycles. The molecule has 3 atom stereocenters. The van der Waals surface area contributed by atoms with E-state index in [1.165, 1.54) is 0 Å². The molecule has 4 N–H and O–H groups in total. The van der Waals surface area contributed by atoms with Crippen molar-refractivity contribution in [3.63, 3.8) is 0 Å². The summed E-state index contributed by atoms with van der Waals surface area (Å²) in [5, 5.41) is 35.3. The van der Waals surface area contributed by atoms with E-state index in [4.69, 9.17) is 20.3 Å². The number of rotatable bonds is 3. The van der Waals surface area contributed by atoms with Crippen molar-refractivity contribution in [1.82, 2.24) is 5.23 Å². The molecule has 0 aliphatic carbocycles. The van der Waals surface area contributed by atoms with E-state index in [9.17, 15) is 5.11 Å². The van der Waals surface area contributed by atoms with Crippen LogP contribution in [0.4, 0.5) is 0 Å².